The summed E-state index contributed by atoms with van der Waals surface area (Å²) in [4.78, 5) is 32.5. The number of rotatable bonds is 10. The Morgan fingerprint density at radius 1 is 1.18 bits per heavy atom. The lowest BCUT2D eigenvalue weighted by Crippen LogP contribution is -2.56. The molecule has 0 spiro atoms. The molecule has 5 rings (SSSR count). The second-order valence-corrected chi connectivity index (χ2v) is 14.3. The Hall–Kier alpha value is -3.74. The Morgan fingerprint density at radius 2 is 1.96 bits per heavy atom. The molecule has 278 valence electrons. The molecule has 0 bridgehead atoms. The van der Waals surface area contributed by atoms with Gasteiger partial charge in [-0.2, -0.15) is 0 Å². The second kappa shape index (κ2) is 16.3. The van der Waals surface area contributed by atoms with Gasteiger partial charge in [0.1, 0.15) is 29.7 Å². The maximum atomic E-state index is 16.7. The first-order valence-electron chi connectivity index (χ1n) is 17.4. The van der Waals surface area contributed by atoms with E-state index >= 15 is 8.78 Å². The van der Waals surface area contributed by atoms with Crippen molar-refractivity contribution in [3.8, 4) is 5.75 Å². The van der Waals surface area contributed by atoms with E-state index in [2.05, 4.69) is 11.6 Å². The van der Waals surface area contributed by atoms with Gasteiger partial charge in [-0.15, -0.1) is 0 Å². The predicted octanol–water partition coefficient (Wildman–Crippen LogP) is 7.68. The van der Waals surface area contributed by atoms with E-state index in [9.17, 15) is 9.59 Å². The summed E-state index contributed by atoms with van der Waals surface area (Å²) in [6.45, 7) is 12.4. The van der Waals surface area contributed by atoms with Gasteiger partial charge in [-0.1, -0.05) is 42.5 Å². The van der Waals surface area contributed by atoms with E-state index in [1.165, 1.54) is 7.11 Å². The summed E-state index contributed by atoms with van der Waals surface area (Å²) in [5.41, 5.74) is -1.52. The standard InChI is InChI=1S/C38H47ClF2N2O8/c1-7-8-9-13-23(2)38(28-14-12-16-43(28)36(45)51-37(3,4)5)21-24-27(50-38)20-26(40)32(39)30(24)31-25(35(44)46-6)22-42-34(33(31)41)49-19-18-48-29-15-10-11-17-47-29/h7-9,13,20,25,28-29H,2,10-12,14-19,21-22H2,1,3-6H3/b8-7-,13-9-/t25?,28-,29?,38-/m0/s1. The van der Waals surface area contributed by atoms with Gasteiger partial charge in [-0.05, 0) is 65.4 Å². The van der Waals surface area contributed by atoms with Crippen molar-refractivity contribution in [1.82, 2.24) is 4.90 Å². The number of esters is 1. The van der Waals surface area contributed by atoms with Crippen LogP contribution in [0.2, 0.25) is 5.02 Å². The third-order valence-electron chi connectivity index (χ3n) is 9.29. The molecule has 4 heterocycles. The number of hydrogen-bond acceptors (Lipinski definition) is 9. The van der Waals surface area contributed by atoms with Gasteiger partial charge >= 0.3 is 12.1 Å². The van der Waals surface area contributed by atoms with Crippen LogP contribution in [-0.2, 0) is 34.9 Å². The second-order valence-electron chi connectivity index (χ2n) is 13.9. The first-order valence-corrected chi connectivity index (χ1v) is 17.8. The Kier molecular flexibility index (Phi) is 12.3. The van der Waals surface area contributed by atoms with Crippen molar-refractivity contribution in [2.75, 3.05) is 40.0 Å². The zero-order chi connectivity index (χ0) is 36.9. The predicted molar refractivity (Wildman–Crippen MR) is 189 cm³/mol. The highest BCUT2D eigenvalue weighted by Gasteiger charge is 2.55. The van der Waals surface area contributed by atoms with Crippen LogP contribution in [0.3, 0.4) is 0 Å². The Bertz CT molecular complexity index is 1630. The van der Waals surface area contributed by atoms with Crippen LogP contribution >= 0.6 is 11.6 Å². The van der Waals surface area contributed by atoms with E-state index in [1.54, 1.807) is 37.8 Å². The summed E-state index contributed by atoms with van der Waals surface area (Å²) in [5, 5.41) is -0.406. The summed E-state index contributed by atoms with van der Waals surface area (Å²) in [7, 11) is 1.18. The maximum Gasteiger partial charge on any atom is 0.410 e. The fourth-order valence-corrected chi connectivity index (χ4v) is 7.24. The average molecular weight is 733 g/mol. The molecule has 10 nitrogen and oxygen atoms in total. The first kappa shape index (κ1) is 38.5. The number of likely N-dealkylation sites (tertiary alicyclic amines) is 1. The van der Waals surface area contributed by atoms with Crippen LogP contribution in [0.1, 0.15) is 70.9 Å². The number of hydrogen-bond donors (Lipinski definition) is 0. The average Bonchev–Trinajstić information content (AvgIpc) is 3.74. The number of amides is 1. The van der Waals surface area contributed by atoms with Gasteiger partial charge in [0.2, 0.25) is 5.90 Å². The lowest BCUT2D eigenvalue weighted by atomic mass is 9.78. The number of aliphatic imine (C=N–C) groups is 1. The van der Waals surface area contributed by atoms with E-state index in [0.717, 1.165) is 25.3 Å². The zero-order valence-corrected chi connectivity index (χ0v) is 30.7. The fraction of sp³-hybridized carbons (Fsp3) is 0.553. The van der Waals surface area contributed by atoms with Crippen molar-refractivity contribution < 1.29 is 46.8 Å². The molecule has 0 saturated carbocycles. The van der Waals surface area contributed by atoms with Crippen molar-refractivity contribution in [2.24, 2.45) is 10.9 Å². The number of halogens is 3. The molecule has 4 atom stereocenters. The quantitative estimate of drug-likeness (QED) is 0.137. The number of methoxy groups -OCH3 is 1. The molecule has 0 aromatic heterocycles. The van der Waals surface area contributed by atoms with E-state index in [0.29, 0.717) is 37.1 Å². The number of fused-ring (bicyclic) bond motifs is 1. The molecule has 13 heteroatoms. The number of benzene rings is 1. The Labute approximate surface area is 303 Å². The molecule has 1 aromatic rings. The van der Waals surface area contributed by atoms with Gasteiger partial charge in [0, 0.05) is 42.3 Å². The molecule has 4 aliphatic heterocycles. The SMILES string of the molecule is C=C(/C=C\C=C/C)[C@]1([C@@H]2CCCN2C(=O)OC(C)(C)C)Cc2c(cc(F)c(Cl)c2C2=C(F)C(OCCOC3CCCCO3)=NCC2C(=O)OC)O1. The van der Waals surface area contributed by atoms with Crippen LogP contribution in [0.25, 0.3) is 5.57 Å². The topological polar surface area (TPSA) is 105 Å². The van der Waals surface area contributed by atoms with E-state index in [1.807, 2.05) is 19.1 Å². The third-order valence-corrected chi connectivity index (χ3v) is 9.66. The van der Waals surface area contributed by atoms with Gasteiger partial charge in [-0.25, -0.2) is 18.6 Å². The number of carbonyl (C=O) groups excluding carboxylic acids is 2. The highest BCUT2D eigenvalue weighted by Crippen LogP contribution is 2.52. The van der Waals surface area contributed by atoms with E-state index in [4.69, 9.17) is 40.0 Å². The smallest absolute Gasteiger partial charge is 0.410 e. The number of allylic oxidation sites excluding steroid dienone is 3. The molecule has 2 saturated heterocycles. The minimum atomic E-state index is -1.32. The fourth-order valence-electron chi connectivity index (χ4n) is 6.97. The molecule has 0 aliphatic carbocycles. The highest BCUT2D eigenvalue weighted by molar-refractivity contribution is 6.33. The van der Waals surface area contributed by atoms with Gasteiger partial charge in [-0.3, -0.25) is 4.79 Å². The molecular formula is C38H47ClF2N2O8. The first-order chi connectivity index (χ1) is 24.3. The summed E-state index contributed by atoms with van der Waals surface area (Å²) < 4.78 is 67.0. The van der Waals surface area contributed by atoms with Crippen LogP contribution in [0.15, 0.2) is 53.3 Å². The monoisotopic (exact) mass is 732 g/mol. The van der Waals surface area contributed by atoms with Crippen LogP contribution in [0.4, 0.5) is 13.6 Å². The lowest BCUT2D eigenvalue weighted by Gasteiger charge is -2.40. The lowest BCUT2D eigenvalue weighted by molar-refractivity contribution is -0.165. The number of dihydropyridines is 1. The summed E-state index contributed by atoms with van der Waals surface area (Å²) in [6.07, 6.45) is 10.2. The van der Waals surface area contributed by atoms with E-state index < -0.39 is 51.9 Å². The van der Waals surface area contributed by atoms with Gasteiger partial charge in [0.25, 0.3) is 0 Å². The number of carbonyl (C=O) groups is 2. The number of ether oxygens (including phenoxy) is 6. The minimum absolute atomic E-state index is 0.0217. The molecule has 2 unspecified atom stereocenters. The van der Waals surface area contributed by atoms with Crippen molar-refractivity contribution in [3.05, 3.63) is 70.3 Å². The van der Waals surface area contributed by atoms with Crippen molar-refractivity contribution in [1.29, 1.82) is 0 Å². The van der Waals surface area contributed by atoms with Crippen LogP contribution in [0, 0.1) is 11.7 Å². The largest absolute Gasteiger partial charge is 0.480 e. The van der Waals surface area contributed by atoms with Crippen molar-refractivity contribution in [2.45, 2.75) is 89.8 Å². The normalized spacial score (nSPS) is 25.2. The van der Waals surface area contributed by atoms with Gasteiger partial charge < -0.3 is 33.3 Å². The van der Waals surface area contributed by atoms with Crippen LogP contribution < -0.4 is 4.74 Å². The molecule has 4 aliphatic rings. The molecule has 0 N–H and O–H groups in total. The van der Waals surface area contributed by atoms with Gasteiger partial charge in [0.15, 0.2) is 17.7 Å². The maximum absolute atomic E-state index is 16.7. The minimum Gasteiger partial charge on any atom is -0.480 e. The Morgan fingerprint density at radius 3 is 2.65 bits per heavy atom. The molecular weight excluding hydrogens is 686 g/mol. The highest BCUT2D eigenvalue weighted by atomic mass is 35.5. The van der Waals surface area contributed by atoms with Gasteiger partial charge in [0.05, 0.1) is 31.3 Å². The molecule has 1 amide bonds. The van der Waals surface area contributed by atoms with Crippen molar-refractivity contribution >= 4 is 35.1 Å². The molecule has 51 heavy (non-hydrogen) atoms. The van der Waals surface area contributed by atoms with E-state index in [-0.39, 0.29) is 55.3 Å². The zero-order valence-electron chi connectivity index (χ0n) is 29.9. The van der Waals surface area contributed by atoms with Crippen LogP contribution in [0.5, 0.6) is 5.75 Å². The summed E-state index contributed by atoms with van der Waals surface area (Å²) in [6, 6.07) is 0.552. The molecule has 1 aromatic carbocycles. The van der Waals surface area contributed by atoms with Crippen LogP contribution in [-0.4, -0.2) is 86.4 Å². The summed E-state index contributed by atoms with van der Waals surface area (Å²) in [5.74, 6) is -4.22. The Balaban J connectivity index is 1.56. The number of nitrogens with zero attached hydrogens (tertiary/aromatic N) is 2. The van der Waals surface area contributed by atoms with Crippen molar-refractivity contribution in [3.63, 3.8) is 0 Å². The summed E-state index contributed by atoms with van der Waals surface area (Å²) >= 11 is 6.71. The third kappa shape index (κ3) is 8.34. The molecule has 0 radical (unpaired) electrons. The molecule has 2 fully saturated rings.